The molecule has 1 saturated heterocycles. The molecule has 0 saturated carbocycles. The van der Waals surface area contributed by atoms with E-state index in [1.54, 1.807) is 53.4 Å². The predicted molar refractivity (Wildman–Crippen MR) is 118 cm³/mol. The molecule has 1 aliphatic rings. The molecule has 0 spiro atoms. The van der Waals surface area contributed by atoms with Crippen molar-refractivity contribution in [3.05, 3.63) is 64.7 Å². The summed E-state index contributed by atoms with van der Waals surface area (Å²) in [5.74, 6) is -0.606. The monoisotopic (exact) mass is 427 g/mol. The normalized spacial score (nSPS) is 16.8. The second-order valence-corrected chi connectivity index (χ2v) is 7.95. The second-order valence-electron chi connectivity index (χ2n) is 7.52. The van der Waals surface area contributed by atoms with Crippen LogP contribution < -0.4 is 10.6 Å². The second kappa shape index (κ2) is 9.76. The van der Waals surface area contributed by atoms with Gasteiger partial charge in [-0.25, -0.2) is 0 Å². The van der Waals surface area contributed by atoms with E-state index in [1.165, 1.54) is 0 Å². The third kappa shape index (κ3) is 5.19. The minimum Gasteiger partial charge on any atom is -0.352 e. The van der Waals surface area contributed by atoms with Crippen LogP contribution in [0.4, 0.5) is 5.69 Å². The quantitative estimate of drug-likeness (QED) is 0.728. The maximum absolute atomic E-state index is 13.1. The number of halogens is 1. The molecule has 0 radical (unpaired) electrons. The van der Waals surface area contributed by atoms with Gasteiger partial charge in [0, 0.05) is 34.4 Å². The number of rotatable bonds is 6. The topological polar surface area (TPSA) is 78.5 Å². The van der Waals surface area contributed by atoms with Crippen LogP contribution in [0, 0.1) is 0 Å². The van der Waals surface area contributed by atoms with Crippen molar-refractivity contribution in [2.45, 2.75) is 45.2 Å². The molecule has 2 aromatic rings. The maximum atomic E-state index is 13.1. The van der Waals surface area contributed by atoms with Crippen LogP contribution in [0.2, 0.25) is 5.02 Å². The van der Waals surface area contributed by atoms with Crippen molar-refractivity contribution >= 4 is 35.0 Å². The van der Waals surface area contributed by atoms with Gasteiger partial charge in [0.05, 0.1) is 0 Å². The summed E-state index contributed by atoms with van der Waals surface area (Å²) in [5, 5.41) is 6.32. The number of benzene rings is 2. The van der Waals surface area contributed by atoms with Crippen LogP contribution in [0.3, 0.4) is 0 Å². The van der Waals surface area contributed by atoms with Crippen molar-refractivity contribution in [3.8, 4) is 0 Å². The molecule has 0 bridgehead atoms. The number of carbonyl (C=O) groups excluding carboxylic acids is 3. The number of carbonyl (C=O) groups is 3. The van der Waals surface area contributed by atoms with E-state index in [-0.39, 0.29) is 23.8 Å². The SMILES string of the molecule is CC[C@@H](C)NC(=O)[C@@H]1CCCN1C(=O)c1cccc(NC(=O)c2ccc(Cl)cc2)c1. The number of hydrogen-bond donors (Lipinski definition) is 2. The smallest absolute Gasteiger partial charge is 0.255 e. The average Bonchev–Trinajstić information content (AvgIpc) is 3.23. The number of hydrogen-bond acceptors (Lipinski definition) is 3. The highest BCUT2D eigenvalue weighted by Gasteiger charge is 2.34. The molecule has 0 aromatic heterocycles. The summed E-state index contributed by atoms with van der Waals surface area (Å²) in [6.07, 6.45) is 2.28. The zero-order chi connectivity index (χ0) is 21.7. The first-order chi connectivity index (χ1) is 14.4. The first-order valence-corrected chi connectivity index (χ1v) is 10.5. The van der Waals surface area contributed by atoms with Gasteiger partial charge in [-0.15, -0.1) is 0 Å². The highest BCUT2D eigenvalue weighted by molar-refractivity contribution is 6.30. The van der Waals surface area contributed by atoms with E-state index in [4.69, 9.17) is 11.6 Å². The molecular formula is C23H26ClN3O3. The van der Waals surface area contributed by atoms with E-state index in [1.807, 2.05) is 13.8 Å². The van der Waals surface area contributed by atoms with Gasteiger partial charge in [0.15, 0.2) is 0 Å². The van der Waals surface area contributed by atoms with Crippen molar-refractivity contribution in [1.82, 2.24) is 10.2 Å². The number of nitrogens with zero attached hydrogens (tertiary/aromatic N) is 1. The van der Waals surface area contributed by atoms with Gasteiger partial charge in [-0.3, -0.25) is 14.4 Å². The van der Waals surface area contributed by atoms with Crippen LogP contribution in [-0.4, -0.2) is 41.2 Å². The molecule has 1 aliphatic heterocycles. The third-order valence-corrected chi connectivity index (χ3v) is 5.54. The van der Waals surface area contributed by atoms with Crippen molar-refractivity contribution in [2.24, 2.45) is 0 Å². The zero-order valence-electron chi connectivity index (χ0n) is 17.2. The predicted octanol–water partition coefficient (Wildman–Crippen LogP) is 4.11. The lowest BCUT2D eigenvalue weighted by Crippen LogP contribution is -2.48. The highest BCUT2D eigenvalue weighted by Crippen LogP contribution is 2.22. The van der Waals surface area contributed by atoms with Gasteiger partial charge in [0.25, 0.3) is 11.8 Å². The Morgan fingerprint density at radius 2 is 1.87 bits per heavy atom. The Balaban J connectivity index is 1.71. The van der Waals surface area contributed by atoms with Gasteiger partial charge in [-0.2, -0.15) is 0 Å². The summed E-state index contributed by atoms with van der Waals surface area (Å²) in [6, 6.07) is 13.0. The Hall–Kier alpha value is -2.86. The average molecular weight is 428 g/mol. The molecule has 30 heavy (non-hydrogen) atoms. The molecule has 6 nitrogen and oxygen atoms in total. The van der Waals surface area contributed by atoms with Crippen LogP contribution in [0.25, 0.3) is 0 Å². The number of anilines is 1. The molecule has 2 atom stereocenters. The summed E-state index contributed by atoms with van der Waals surface area (Å²) in [7, 11) is 0. The minimum absolute atomic E-state index is 0.0708. The molecule has 2 aromatic carbocycles. The Morgan fingerprint density at radius 1 is 1.13 bits per heavy atom. The molecule has 2 N–H and O–H groups in total. The molecule has 0 unspecified atom stereocenters. The minimum atomic E-state index is -0.459. The lowest BCUT2D eigenvalue weighted by atomic mass is 10.1. The van der Waals surface area contributed by atoms with E-state index in [0.717, 1.165) is 12.8 Å². The largest absolute Gasteiger partial charge is 0.352 e. The molecule has 1 fully saturated rings. The lowest BCUT2D eigenvalue weighted by Gasteiger charge is -2.25. The molecule has 3 rings (SSSR count). The molecular weight excluding hydrogens is 402 g/mol. The Kier molecular flexibility index (Phi) is 7.11. The van der Waals surface area contributed by atoms with Crippen LogP contribution in [0.5, 0.6) is 0 Å². The van der Waals surface area contributed by atoms with Crippen LogP contribution in [0.15, 0.2) is 48.5 Å². The molecule has 158 valence electrons. The summed E-state index contributed by atoms with van der Waals surface area (Å²) in [4.78, 5) is 39.7. The van der Waals surface area contributed by atoms with Gasteiger partial charge < -0.3 is 15.5 Å². The van der Waals surface area contributed by atoms with Crippen molar-refractivity contribution in [2.75, 3.05) is 11.9 Å². The molecule has 3 amide bonds. The van der Waals surface area contributed by atoms with E-state index in [2.05, 4.69) is 10.6 Å². The summed E-state index contributed by atoms with van der Waals surface area (Å²) in [6.45, 7) is 4.50. The standard InChI is InChI=1S/C23H26ClN3O3/c1-3-15(2)25-22(29)20-8-5-13-27(20)23(30)17-6-4-7-19(14-17)26-21(28)16-9-11-18(24)12-10-16/h4,6-7,9-12,14-15,20H,3,5,8,13H2,1-2H3,(H,25,29)(H,26,28)/t15-,20+/m1/s1. The molecule has 7 heteroatoms. The first kappa shape index (κ1) is 21.8. The van der Waals surface area contributed by atoms with Gasteiger partial charge >= 0.3 is 0 Å². The molecule has 1 heterocycles. The Bertz CT molecular complexity index is 930. The van der Waals surface area contributed by atoms with Gasteiger partial charge in [-0.1, -0.05) is 24.6 Å². The number of likely N-dealkylation sites (tertiary alicyclic amines) is 1. The summed E-state index contributed by atoms with van der Waals surface area (Å²) < 4.78 is 0. The van der Waals surface area contributed by atoms with Crippen LogP contribution in [-0.2, 0) is 4.79 Å². The Labute approximate surface area is 181 Å². The third-order valence-electron chi connectivity index (χ3n) is 5.29. The van der Waals surface area contributed by atoms with Gasteiger partial charge in [-0.05, 0) is 68.7 Å². The van der Waals surface area contributed by atoms with E-state index in [9.17, 15) is 14.4 Å². The van der Waals surface area contributed by atoms with Crippen LogP contribution >= 0.6 is 11.6 Å². The number of nitrogens with one attached hydrogen (secondary N) is 2. The van der Waals surface area contributed by atoms with E-state index < -0.39 is 6.04 Å². The fourth-order valence-corrected chi connectivity index (χ4v) is 3.55. The van der Waals surface area contributed by atoms with Gasteiger partial charge in [0.1, 0.15) is 6.04 Å². The maximum Gasteiger partial charge on any atom is 0.255 e. The van der Waals surface area contributed by atoms with Crippen molar-refractivity contribution < 1.29 is 14.4 Å². The first-order valence-electron chi connectivity index (χ1n) is 10.2. The fourth-order valence-electron chi connectivity index (χ4n) is 3.42. The lowest BCUT2D eigenvalue weighted by molar-refractivity contribution is -0.125. The zero-order valence-corrected chi connectivity index (χ0v) is 17.9. The van der Waals surface area contributed by atoms with Crippen LogP contribution in [0.1, 0.15) is 53.8 Å². The summed E-state index contributed by atoms with van der Waals surface area (Å²) >= 11 is 5.86. The Morgan fingerprint density at radius 3 is 2.57 bits per heavy atom. The molecule has 0 aliphatic carbocycles. The highest BCUT2D eigenvalue weighted by atomic mass is 35.5. The van der Waals surface area contributed by atoms with Gasteiger partial charge in [0.2, 0.25) is 5.91 Å². The van der Waals surface area contributed by atoms with Crippen molar-refractivity contribution in [3.63, 3.8) is 0 Å². The van der Waals surface area contributed by atoms with E-state index in [0.29, 0.717) is 34.8 Å². The number of amides is 3. The van der Waals surface area contributed by atoms with Crippen molar-refractivity contribution in [1.29, 1.82) is 0 Å². The summed E-state index contributed by atoms with van der Waals surface area (Å²) in [5.41, 5.74) is 1.42. The fraction of sp³-hybridized carbons (Fsp3) is 0.348. The van der Waals surface area contributed by atoms with E-state index >= 15 is 0 Å².